The Morgan fingerprint density at radius 3 is 2.27 bits per heavy atom. The Kier molecular flexibility index (Phi) is 6.05. The lowest BCUT2D eigenvalue weighted by Gasteiger charge is -2.48. The number of hydrogen-bond acceptors (Lipinski definition) is 12. The lowest BCUT2D eigenvalue weighted by Crippen LogP contribution is -2.67. The predicted molar refractivity (Wildman–Crippen MR) is 150 cm³/mol. The van der Waals surface area contributed by atoms with Crippen molar-refractivity contribution in [1.29, 1.82) is 0 Å². The van der Waals surface area contributed by atoms with E-state index in [0.717, 1.165) is 5.56 Å². The van der Waals surface area contributed by atoms with Crippen molar-refractivity contribution < 1.29 is 57.8 Å². The van der Waals surface area contributed by atoms with Gasteiger partial charge in [-0.25, -0.2) is 14.4 Å². The van der Waals surface area contributed by atoms with Gasteiger partial charge in [0.15, 0.2) is 23.9 Å². The quantitative estimate of drug-likeness (QED) is 0.323. The van der Waals surface area contributed by atoms with Crippen molar-refractivity contribution in [1.82, 2.24) is 5.32 Å². The lowest BCUT2D eigenvalue weighted by atomic mass is 9.51. The first-order valence-corrected chi connectivity index (χ1v) is 15.3. The van der Waals surface area contributed by atoms with Crippen LogP contribution in [0.4, 0.5) is 4.79 Å². The minimum atomic E-state index is -2.44. The summed E-state index contributed by atoms with van der Waals surface area (Å²) in [4.78, 5) is 54.5. The molecule has 7 rings (SSSR count). The number of alkyl carbamates (subject to hydrolysis) is 1. The summed E-state index contributed by atoms with van der Waals surface area (Å²) in [5.74, 6) is -4.99. The van der Waals surface area contributed by atoms with Crippen LogP contribution in [0.3, 0.4) is 0 Å². The van der Waals surface area contributed by atoms with E-state index in [4.69, 9.17) is 28.4 Å². The SMILES string of the molecule is C[C@@H]1C(=O)OC2[C@H](O)C34C5OC(=O)C3(OC3OC(=O)[C@H](OCc6ccccc6)C34[C@H](C(C)(C)C)[C@H]5OC(=O)NC(C)(C)C)[C@]21O. The number of hydrogen-bond donors (Lipinski definition) is 3. The van der Waals surface area contributed by atoms with Gasteiger partial charge in [-0.2, -0.15) is 0 Å². The van der Waals surface area contributed by atoms with Gasteiger partial charge in [0.2, 0.25) is 11.9 Å². The summed E-state index contributed by atoms with van der Waals surface area (Å²) in [5.41, 5.74) is -9.47. The highest BCUT2D eigenvalue weighted by Crippen LogP contribution is 2.85. The van der Waals surface area contributed by atoms with Crippen LogP contribution >= 0.6 is 0 Å². The average Bonchev–Trinajstić information content (AvgIpc) is 3.63. The van der Waals surface area contributed by atoms with Crippen molar-refractivity contribution in [2.24, 2.45) is 28.1 Å². The van der Waals surface area contributed by atoms with E-state index in [1.54, 1.807) is 20.8 Å². The number of benzene rings is 1. The molecule has 2 spiro atoms. The molecule has 244 valence electrons. The van der Waals surface area contributed by atoms with Gasteiger partial charge in [0.05, 0.1) is 23.4 Å². The largest absolute Gasteiger partial charge is 0.456 e. The second-order valence-corrected chi connectivity index (χ2v) is 15.3. The van der Waals surface area contributed by atoms with Crippen LogP contribution < -0.4 is 5.32 Å². The molecule has 1 aromatic rings. The number of amides is 1. The number of aliphatic hydroxyl groups is 2. The minimum Gasteiger partial charge on any atom is -0.456 e. The number of ether oxygens (including phenoxy) is 6. The van der Waals surface area contributed by atoms with Crippen LogP contribution in [0.25, 0.3) is 0 Å². The minimum absolute atomic E-state index is 0.0558. The lowest BCUT2D eigenvalue weighted by molar-refractivity contribution is -0.240. The Hall–Kier alpha value is -3.26. The highest BCUT2D eigenvalue weighted by Gasteiger charge is 3.05. The fourth-order valence-corrected chi connectivity index (χ4v) is 9.75. The summed E-state index contributed by atoms with van der Waals surface area (Å²) in [7, 11) is 0. The van der Waals surface area contributed by atoms with Gasteiger partial charge in [-0.05, 0) is 38.7 Å². The maximum absolute atomic E-state index is 14.3. The third kappa shape index (κ3) is 3.27. The molecule has 0 radical (unpaired) electrons. The van der Waals surface area contributed by atoms with E-state index in [1.807, 2.05) is 51.1 Å². The van der Waals surface area contributed by atoms with Crippen molar-refractivity contribution in [3.63, 3.8) is 0 Å². The fraction of sp³-hybridized carbons (Fsp3) is 0.688. The monoisotopic (exact) mass is 629 g/mol. The van der Waals surface area contributed by atoms with Crippen LogP contribution in [0, 0.1) is 28.1 Å². The molecule has 0 bridgehead atoms. The van der Waals surface area contributed by atoms with Crippen molar-refractivity contribution >= 4 is 24.0 Å². The Balaban J connectivity index is 1.48. The van der Waals surface area contributed by atoms with Crippen LogP contribution in [0.5, 0.6) is 0 Å². The van der Waals surface area contributed by atoms with E-state index in [1.165, 1.54) is 6.92 Å². The summed E-state index contributed by atoms with van der Waals surface area (Å²) in [6.45, 7) is 12.2. The molecule has 6 unspecified atom stereocenters. The van der Waals surface area contributed by atoms with Gasteiger partial charge in [0, 0.05) is 11.5 Å². The molecule has 4 heterocycles. The summed E-state index contributed by atoms with van der Waals surface area (Å²) >= 11 is 0. The van der Waals surface area contributed by atoms with E-state index < -0.39 is 106 Å². The topological polar surface area (TPSA) is 176 Å². The summed E-state index contributed by atoms with van der Waals surface area (Å²) in [6, 6.07) is 9.08. The van der Waals surface area contributed by atoms with Gasteiger partial charge in [-0.3, -0.25) is 4.79 Å². The van der Waals surface area contributed by atoms with E-state index in [0.29, 0.717) is 0 Å². The molecule has 1 aromatic carbocycles. The molecule has 6 fully saturated rings. The van der Waals surface area contributed by atoms with Crippen molar-refractivity contribution in [2.75, 3.05) is 0 Å². The molecule has 2 saturated carbocycles. The van der Waals surface area contributed by atoms with Crippen molar-refractivity contribution in [2.45, 2.75) is 109 Å². The molecular weight excluding hydrogens is 590 g/mol. The van der Waals surface area contributed by atoms with Gasteiger partial charge in [-0.1, -0.05) is 51.1 Å². The van der Waals surface area contributed by atoms with E-state index in [9.17, 15) is 29.4 Å². The first-order valence-electron chi connectivity index (χ1n) is 15.3. The number of fused-ring (bicyclic) bond motifs is 1. The second-order valence-electron chi connectivity index (χ2n) is 15.3. The molecule has 13 heteroatoms. The highest BCUT2D eigenvalue weighted by atomic mass is 16.8. The van der Waals surface area contributed by atoms with Crippen LogP contribution in [0.15, 0.2) is 30.3 Å². The molecule has 6 aliphatic rings. The zero-order chi connectivity index (χ0) is 32.7. The molecular formula is C32H39NO12. The van der Waals surface area contributed by atoms with Gasteiger partial charge >= 0.3 is 24.0 Å². The number of esters is 3. The standard InChI is InChI=1S/C32H39NO12/c1-14-22(35)42-20-18(34)30-19-16(41-26(38)33-28(5,6)7)17(27(2,3)4)29(30)21(40-13-15-11-9-8-10-12-15)23(36)44-25(29)45-32(30,24(37)43-19)31(14,20)39/h8-12,14,16-21,25,34,39H,13H2,1-7H3,(H,33,38)/t14-,16-,17+,18+,19?,20?,21+,25?,29?,30?,31-,32?/m1/s1. The first kappa shape index (κ1) is 30.4. The first-order chi connectivity index (χ1) is 20.9. The van der Waals surface area contributed by atoms with Gasteiger partial charge in [0.25, 0.3) is 0 Å². The molecule has 1 amide bonds. The maximum atomic E-state index is 14.3. The number of rotatable bonds is 4. The molecule has 4 saturated heterocycles. The number of carbonyl (C=O) groups is 4. The maximum Gasteiger partial charge on any atom is 0.407 e. The molecule has 3 N–H and O–H groups in total. The molecule has 13 nitrogen and oxygen atoms in total. The van der Waals surface area contributed by atoms with Gasteiger partial charge in [0.1, 0.15) is 12.2 Å². The van der Waals surface area contributed by atoms with Crippen LogP contribution in [0.2, 0.25) is 0 Å². The Labute approximate surface area is 259 Å². The summed E-state index contributed by atoms with van der Waals surface area (Å²) < 4.78 is 36.5. The number of nitrogens with one attached hydrogen (secondary N) is 1. The molecule has 2 aliphatic carbocycles. The smallest absolute Gasteiger partial charge is 0.407 e. The summed E-state index contributed by atoms with van der Waals surface area (Å²) in [5, 5.41) is 27.7. The van der Waals surface area contributed by atoms with Crippen molar-refractivity contribution in [3.05, 3.63) is 35.9 Å². The summed E-state index contributed by atoms with van der Waals surface area (Å²) in [6.07, 6.45) is -10.0. The Morgan fingerprint density at radius 1 is 0.978 bits per heavy atom. The Bertz CT molecular complexity index is 1480. The van der Waals surface area contributed by atoms with Crippen LogP contribution in [-0.2, 0) is 49.4 Å². The third-order valence-electron chi connectivity index (χ3n) is 10.9. The van der Waals surface area contributed by atoms with Crippen LogP contribution in [0.1, 0.15) is 54.0 Å². The van der Waals surface area contributed by atoms with Crippen LogP contribution in [-0.4, -0.2) is 87.8 Å². The zero-order valence-electron chi connectivity index (χ0n) is 26.2. The van der Waals surface area contributed by atoms with E-state index in [-0.39, 0.29) is 6.61 Å². The van der Waals surface area contributed by atoms with Gasteiger partial charge in [-0.15, -0.1) is 0 Å². The predicted octanol–water partition coefficient (Wildman–Crippen LogP) is 1.36. The second kappa shape index (κ2) is 8.96. The normalized spacial score (nSPS) is 45.8. The fourth-order valence-electron chi connectivity index (χ4n) is 9.75. The Morgan fingerprint density at radius 2 is 1.64 bits per heavy atom. The van der Waals surface area contributed by atoms with Crippen molar-refractivity contribution in [3.8, 4) is 0 Å². The zero-order valence-corrected chi connectivity index (χ0v) is 26.2. The molecule has 0 aromatic heterocycles. The number of aliphatic hydroxyl groups excluding tert-OH is 1. The third-order valence-corrected chi connectivity index (χ3v) is 10.9. The van der Waals surface area contributed by atoms with E-state index >= 15 is 0 Å². The average molecular weight is 630 g/mol. The highest BCUT2D eigenvalue weighted by molar-refractivity contribution is 5.94. The molecule has 4 aliphatic heterocycles. The molecule has 45 heavy (non-hydrogen) atoms. The molecule has 12 atom stereocenters. The van der Waals surface area contributed by atoms with Gasteiger partial charge < -0.3 is 44.0 Å². The number of carbonyl (C=O) groups excluding carboxylic acids is 4. The van der Waals surface area contributed by atoms with E-state index in [2.05, 4.69) is 5.32 Å².